The van der Waals surface area contributed by atoms with Gasteiger partial charge < -0.3 is 14.8 Å². The van der Waals surface area contributed by atoms with Gasteiger partial charge in [0.15, 0.2) is 5.13 Å². The first-order valence-electron chi connectivity index (χ1n) is 12.1. The fourth-order valence-corrected chi connectivity index (χ4v) is 7.22. The van der Waals surface area contributed by atoms with Crippen molar-refractivity contribution in [2.24, 2.45) is 0 Å². The molecule has 2 aromatic carbocycles. The van der Waals surface area contributed by atoms with Crippen LogP contribution in [0.25, 0.3) is 0 Å². The molecule has 0 aliphatic heterocycles. The summed E-state index contributed by atoms with van der Waals surface area (Å²) in [5.41, 5.74) is 3.08. The molecule has 4 aromatic rings. The number of halogens is 2. The fraction of sp³-hybridized carbons (Fsp3) is 0.259. The number of hydrogen-bond acceptors (Lipinski definition) is 8. The second-order valence-electron chi connectivity index (χ2n) is 8.96. The van der Waals surface area contributed by atoms with E-state index < -0.39 is 20.7 Å². The zero-order valence-electron chi connectivity index (χ0n) is 21.2. The minimum absolute atomic E-state index is 0.00964. The van der Waals surface area contributed by atoms with Crippen molar-refractivity contribution in [3.05, 3.63) is 87.9 Å². The average molecular weight is 589 g/mol. The molecule has 0 spiro atoms. The van der Waals surface area contributed by atoms with E-state index >= 15 is 4.39 Å². The summed E-state index contributed by atoms with van der Waals surface area (Å²) in [6.07, 6.45) is 5.56. The highest BCUT2D eigenvalue weighted by Gasteiger charge is 2.32. The lowest BCUT2D eigenvalue weighted by molar-refractivity contribution is 0.391. The van der Waals surface area contributed by atoms with Gasteiger partial charge in [-0.25, -0.2) is 22.1 Å². The van der Waals surface area contributed by atoms with Crippen molar-refractivity contribution in [3.63, 3.8) is 0 Å². The highest BCUT2D eigenvalue weighted by Crippen LogP contribution is 2.36. The summed E-state index contributed by atoms with van der Waals surface area (Å²) < 4.78 is 55.0. The summed E-state index contributed by atoms with van der Waals surface area (Å²) in [7, 11) is -1.40. The van der Waals surface area contributed by atoms with E-state index in [9.17, 15) is 8.42 Å². The van der Waals surface area contributed by atoms with Crippen LogP contribution in [0, 0.1) is 5.82 Å². The Bertz CT molecular complexity index is 1580. The maximum Gasteiger partial charge on any atom is 0.269 e. The molecule has 1 aliphatic carbocycles. The molecule has 1 unspecified atom stereocenters. The number of aromatic nitrogens is 2. The molecule has 5 rings (SSSR count). The minimum atomic E-state index is -4.41. The third-order valence-electron chi connectivity index (χ3n) is 6.57. The monoisotopic (exact) mass is 588 g/mol. The number of ether oxygens (including phenoxy) is 2. The van der Waals surface area contributed by atoms with Gasteiger partial charge in [0, 0.05) is 41.1 Å². The highest BCUT2D eigenvalue weighted by atomic mass is 35.5. The average Bonchev–Trinajstić information content (AvgIpc) is 3.47. The molecule has 0 bridgehead atoms. The third-order valence-corrected chi connectivity index (χ3v) is 9.54. The third kappa shape index (κ3) is 5.66. The normalized spacial score (nSPS) is 14.9. The van der Waals surface area contributed by atoms with Gasteiger partial charge in [-0.05, 0) is 55.2 Å². The Kier molecular flexibility index (Phi) is 7.92. The van der Waals surface area contributed by atoms with E-state index in [1.54, 1.807) is 29.8 Å². The van der Waals surface area contributed by atoms with Crippen LogP contribution in [0.3, 0.4) is 0 Å². The molecule has 2 heterocycles. The molecule has 0 saturated heterocycles. The van der Waals surface area contributed by atoms with Crippen LogP contribution in [0.1, 0.15) is 23.2 Å². The predicted octanol–water partition coefficient (Wildman–Crippen LogP) is 5.71. The van der Waals surface area contributed by atoms with Gasteiger partial charge in [-0.3, -0.25) is 4.98 Å². The Labute approximate surface area is 235 Å². The van der Waals surface area contributed by atoms with Crippen LogP contribution in [0.15, 0.2) is 65.1 Å². The van der Waals surface area contributed by atoms with E-state index in [0.29, 0.717) is 29.2 Å². The topological polar surface area (TPSA) is 93.7 Å². The summed E-state index contributed by atoms with van der Waals surface area (Å²) in [4.78, 5) is 8.06. The molecule has 0 fully saturated rings. The molecule has 8 nitrogen and oxygen atoms in total. The summed E-state index contributed by atoms with van der Waals surface area (Å²) >= 11 is 7.65. The zero-order valence-corrected chi connectivity index (χ0v) is 23.6. The first kappa shape index (κ1) is 27.2. The van der Waals surface area contributed by atoms with E-state index in [-0.39, 0.29) is 22.7 Å². The summed E-state index contributed by atoms with van der Waals surface area (Å²) in [6.45, 7) is -0.143. The number of hydrogen-bond donors (Lipinski definition) is 1. The van der Waals surface area contributed by atoms with Crippen molar-refractivity contribution in [1.82, 2.24) is 9.97 Å². The molecule has 1 atom stereocenters. The maximum atomic E-state index is 15.5. The van der Waals surface area contributed by atoms with E-state index in [0.717, 1.165) is 51.9 Å². The van der Waals surface area contributed by atoms with Gasteiger partial charge >= 0.3 is 0 Å². The molecule has 204 valence electrons. The molecule has 0 saturated carbocycles. The van der Waals surface area contributed by atoms with Crippen molar-refractivity contribution in [2.75, 3.05) is 23.8 Å². The number of benzene rings is 2. The second kappa shape index (κ2) is 11.4. The number of anilines is 2. The fourth-order valence-electron chi connectivity index (χ4n) is 4.59. The molecule has 2 aromatic heterocycles. The van der Waals surface area contributed by atoms with Crippen molar-refractivity contribution >= 4 is 43.8 Å². The van der Waals surface area contributed by atoms with Gasteiger partial charge in [0.1, 0.15) is 22.2 Å². The van der Waals surface area contributed by atoms with Crippen LogP contribution in [-0.4, -0.2) is 38.6 Å². The highest BCUT2D eigenvalue weighted by molar-refractivity contribution is 7.93. The Morgan fingerprint density at radius 1 is 1.15 bits per heavy atom. The lowest BCUT2D eigenvalue weighted by atomic mass is 9.92. The quantitative estimate of drug-likeness (QED) is 0.267. The number of rotatable bonds is 9. The Morgan fingerprint density at radius 2 is 2.00 bits per heavy atom. The van der Waals surface area contributed by atoms with Gasteiger partial charge in [-0.15, -0.1) is 11.3 Å². The predicted molar refractivity (Wildman–Crippen MR) is 150 cm³/mol. The number of methoxy groups -OCH3 is 2. The van der Waals surface area contributed by atoms with Crippen molar-refractivity contribution in [3.8, 4) is 11.5 Å². The number of pyridine rings is 1. The summed E-state index contributed by atoms with van der Waals surface area (Å²) in [5, 5.41) is 5.22. The SMILES string of the molecule is COc1ccc(CN(c2nccs2)S(=O)(=O)c2cc(Cl)c(NC3CCc4ncccc4C3)cc2F)c(OC)c1. The van der Waals surface area contributed by atoms with E-state index in [1.165, 1.54) is 20.4 Å². The molecular formula is C27H26ClFN4O4S2. The number of thiazole rings is 1. The van der Waals surface area contributed by atoms with E-state index in [2.05, 4.69) is 15.3 Å². The molecular weight excluding hydrogens is 563 g/mol. The summed E-state index contributed by atoms with van der Waals surface area (Å²) in [5.74, 6) is 0.0642. The number of nitrogens with zero attached hydrogens (tertiary/aromatic N) is 3. The largest absolute Gasteiger partial charge is 0.497 e. The lowest BCUT2D eigenvalue weighted by Crippen LogP contribution is -2.31. The van der Waals surface area contributed by atoms with Crippen molar-refractivity contribution < 1.29 is 22.3 Å². The van der Waals surface area contributed by atoms with Gasteiger partial charge in [0.2, 0.25) is 0 Å². The minimum Gasteiger partial charge on any atom is -0.497 e. The van der Waals surface area contributed by atoms with Crippen LogP contribution < -0.4 is 19.1 Å². The molecule has 0 amide bonds. The van der Waals surface area contributed by atoms with Crippen LogP contribution in [0.2, 0.25) is 5.02 Å². The number of fused-ring (bicyclic) bond motifs is 1. The van der Waals surface area contributed by atoms with Crippen LogP contribution >= 0.6 is 22.9 Å². The number of aryl methyl sites for hydroxylation is 1. The zero-order chi connectivity index (χ0) is 27.6. The Hall–Kier alpha value is -3.41. The van der Waals surface area contributed by atoms with E-state index in [4.69, 9.17) is 21.1 Å². The van der Waals surface area contributed by atoms with Crippen molar-refractivity contribution in [1.29, 1.82) is 0 Å². The first-order valence-corrected chi connectivity index (χ1v) is 14.8. The van der Waals surface area contributed by atoms with Gasteiger partial charge in [0.25, 0.3) is 10.0 Å². The standard InChI is InChI=1S/C27H26ClFN4O4S2/c1-36-20-7-5-18(25(13-20)37-2)16-33(27-31-10-11-38-27)39(34,35)26-14-21(28)24(15-22(26)29)32-19-6-8-23-17(12-19)4-3-9-30-23/h3-5,7,9-11,13-15,19,32H,6,8,12,16H2,1-2H3. The smallest absolute Gasteiger partial charge is 0.269 e. The first-order chi connectivity index (χ1) is 18.8. The molecule has 1 N–H and O–H groups in total. The molecule has 39 heavy (non-hydrogen) atoms. The van der Waals surface area contributed by atoms with Gasteiger partial charge in [-0.2, -0.15) is 0 Å². The molecule has 1 aliphatic rings. The molecule has 12 heteroatoms. The Balaban J connectivity index is 1.45. The van der Waals surface area contributed by atoms with Crippen LogP contribution in [-0.2, 0) is 29.4 Å². The maximum absolute atomic E-state index is 15.5. The van der Waals surface area contributed by atoms with Gasteiger partial charge in [0.05, 0.1) is 31.5 Å². The Morgan fingerprint density at radius 3 is 2.74 bits per heavy atom. The molecule has 0 radical (unpaired) electrons. The van der Waals surface area contributed by atoms with Crippen LogP contribution in [0.5, 0.6) is 11.5 Å². The second-order valence-corrected chi connectivity index (χ2v) is 12.1. The lowest BCUT2D eigenvalue weighted by Gasteiger charge is -2.27. The number of nitrogens with one attached hydrogen (secondary N) is 1. The van der Waals surface area contributed by atoms with Gasteiger partial charge in [-0.1, -0.05) is 17.7 Å². The van der Waals surface area contributed by atoms with Crippen LogP contribution in [0.4, 0.5) is 15.2 Å². The summed E-state index contributed by atoms with van der Waals surface area (Å²) in [6, 6.07) is 11.3. The van der Waals surface area contributed by atoms with Crippen molar-refractivity contribution in [2.45, 2.75) is 36.7 Å². The number of sulfonamides is 1. The van der Waals surface area contributed by atoms with E-state index in [1.807, 2.05) is 12.1 Å².